The van der Waals surface area contributed by atoms with Crippen molar-refractivity contribution >= 4 is 39.8 Å². The van der Waals surface area contributed by atoms with Gasteiger partial charge in [-0.3, -0.25) is 4.99 Å². The van der Waals surface area contributed by atoms with E-state index in [0.717, 1.165) is 26.1 Å². The first kappa shape index (κ1) is 24.9. The predicted octanol–water partition coefficient (Wildman–Crippen LogP) is 2.58. The largest absolute Gasteiger partial charge is 0.385 e. The number of nitrogens with zero attached hydrogens (tertiary/aromatic N) is 1. The van der Waals surface area contributed by atoms with E-state index in [1.165, 1.54) is 19.3 Å². The van der Waals surface area contributed by atoms with Crippen molar-refractivity contribution < 1.29 is 13.2 Å². The number of nitrogens with one attached hydrogen (secondary N) is 2. The second-order valence-corrected chi connectivity index (χ2v) is 10.5. The molecule has 1 fully saturated rings. The maximum atomic E-state index is 12.2. The van der Waals surface area contributed by atoms with Crippen molar-refractivity contribution in [1.29, 1.82) is 0 Å². The molecule has 6 nitrogen and oxygen atoms in total. The Bertz CT molecular complexity index is 512. The van der Waals surface area contributed by atoms with Gasteiger partial charge in [-0.25, -0.2) is 8.42 Å². The lowest BCUT2D eigenvalue weighted by molar-refractivity contribution is 0.0778. The molecular weight excluding hydrogens is 453 g/mol. The number of rotatable bonds is 9. The Hall–Kier alpha value is -0.0900. The van der Waals surface area contributed by atoms with Crippen LogP contribution in [0.4, 0.5) is 0 Å². The van der Waals surface area contributed by atoms with Crippen LogP contribution in [0, 0.1) is 5.41 Å². The molecule has 1 aliphatic carbocycles. The summed E-state index contributed by atoms with van der Waals surface area (Å²) in [6.45, 7) is 9.86. The molecule has 0 aromatic heterocycles. The highest BCUT2D eigenvalue weighted by Gasteiger charge is 2.36. The van der Waals surface area contributed by atoms with E-state index in [1.807, 2.05) is 6.92 Å². The summed E-state index contributed by atoms with van der Waals surface area (Å²) >= 11 is 0. The van der Waals surface area contributed by atoms with Gasteiger partial charge in [0.05, 0.1) is 10.5 Å². The second-order valence-electron chi connectivity index (χ2n) is 7.65. The molecule has 1 rings (SSSR count). The van der Waals surface area contributed by atoms with Crippen LogP contribution in [0.5, 0.6) is 0 Å². The fourth-order valence-electron chi connectivity index (χ4n) is 2.68. The van der Waals surface area contributed by atoms with E-state index in [9.17, 15) is 8.42 Å². The fourth-order valence-corrected chi connectivity index (χ4v) is 3.66. The molecule has 1 aliphatic rings. The van der Waals surface area contributed by atoms with Crippen molar-refractivity contribution in [2.75, 3.05) is 39.1 Å². The lowest BCUT2D eigenvalue weighted by Crippen LogP contribution is -2.43. The molecule has 0 aromatic carbocycles. The summed E-state index contributed by atoms with van der Waals surface area (Å²) in [6.07, 6.45) is 4.67. The van der Waals surface area contributed by atoms with Crippen LogP contribution in [0.2, 0.25) is 0 Å². The molecule has 0 amide bonds. The molecule has 0 radical (unpaired) electrons. The van der Waals surface area contributed by atoms with Gasteiger partial charge in [-0.2, -0.15) is 0 Å². The molecule has 0 heterocycles. The van der Waals surface area contributed by atoms with Crippen LogP contribution in [0.15, 0.2) is 4.99 Å². The molecule has 25 heavy (non-hydrogen) atoms. The van der Waals surface area contributed by atoms with Crippen molar-refractivity contribution in [3.8, 4) is 0 Å². The molecule has 0 atom stereocenters. The number of hydrogen-bond donors (Lipinski definition) is 2. The molecule has 0 unspecified atom stereocenters. The van der Waals surface area contributed by atoms with Gasteiger partial charge in [0.1, 0.15) is 0 Å². The summed E-state index contributed by atoms with van der Waals surface area (Å²) in [4.78, 5) is 4.69. The Morgan fingerprint density at radius 1 is 1.24 bits per heavy atom. The molecule has 0 aromatic rings. The van der Waals surface area contributed by atoms with Crippen LogP contribution < -0.4 is 10.6 Å². The van der Waals surface area contributed by atoms with Gasteiger partial charge in [0.15, 0.2) is 15.8 Å². The Kier molecular flexibility index (Phi) is 10.9. The van der Waals surface area contributed by atoms with Crippen molar-refractivity contribution in [2.24, 2.45) is 10.4 Å². The number of aliphatic imine (C=N–C) groups is 1. The van der Waals surface area contributed by atoms with Crippen LogP contribution >= 0.6 is 24.0 Å². The predicted molar refractivity (Wildman–Crippen MR) is 116 cm³/mol. The van der Waals surface area contributed by atoms with E-state index in [-0.39, 0.29) is 35.1 Å². The number of guanidine groups is 1. The number of halogens is 1. The van der Waals surface area contributed by atoms with Crippen molar-refractivity contribution in [3.05, 3.63) is 0 Å². The van der Waals surface area contributed by atoms with Gasteiger partial charge in [-0.05, 0) is 52.4 Å². The Labute approximate surface area is 170 Å². The van der Waals surface area contributed by atoms with E-state index >= 15 is 0 Å². The van der Waals surface area contributed by atoms with Gasteiger partial charge in [-0.1, -0.05) is 6.42 Å². The summed E-state index contributed by atoms with van der Waals surface area (Å²) in [7, 11) is -1.39. The summed E-state index contributed by atoms with van der Waals surface area (Å²) < 4.78 is 28.8. The molecule has 0 bridgehead atoms. The van der Waals surface area contributed by atoms with Crippen LogP contribution in [0.1, 0.15) is 53.4 Å². The highest BCUT2D eigenvalue weighted by Crippen LogP contribution is 2.44. The summed E-state index contributed by atoms with van der Waals surface area (Å²) in [5.41, 5.74) is 0.260. The van der Waals surface area contributed by atoms with Crippen LogP contribution in [-0.4, -0.2) is 58.2 Å². The number of ether oxygens (including phenoxy) is 1. The van der Waals surface area contributed by atoms with Crippen molar-refractivity contribution in [3.63, 3.8) is 0 Å². The Morgan fingerprint density at radius 2 is 1.88 bits per heavy atom. The first-order chi connectivity index (χ1) is 11.2. The molecule has 8 heteroatoms. The molecule has 0 aliphatic heterocycles. The Morgan fingerprint density at radius 3 is 2.32 bits per heavy atom. The van der Waals surface area contributed by atoms with Crippen LogP contribution in [-0.2, 0) is 14.6 Å². The number of sulfone groups is 1. The van der Waals surface area contributed by atoms with Crippen molar-refractivity contribution in [2.45, 2.75) is 58.1 Å². The monoisotopic (exact) mass is 489 g/mol. The second kappa shape index (κ2) is 10.9. The molecular formula is C17H36IN3O3S. The first-order valence-corrected chi connectivity index (χ1v) is 10.5. The maximum Gasteiger partial charge on any atom is 0.191 e. The maximum absolute atomic E-state index is 12.2. The minimum absolute atomic E-state index is 0. The topological polar surface area (TPSA) is 79.8 Å². The summed E-state index contributed by atoms with van der Waals surface area (Å²) in [5, 5.41) is 6.35. The van der Waals surface area contributed by atoms with E-state index in [1.54, 1.807) is 27.9 Å². The zero-order chi connectivity index (χ0) is 18.3. The Balaban J connectivity index is 0.00000576. The molecule has 150 valence electrons. The summed E-state index contributed by atoms with van der Waals surface area (Å²) in [6, 6.07) is 0. The lowest BCUT2D eigenvalue weighted by Gasteiger charge is -2.40. The zero-order valence-electron chi connectivity index (χ0n) is 16.4. The minimum atomic E-state index is -3.12. The molecule has 1 saturated carbocycles. The average Bonchev–Trinajstić information content (AvgIpc) is 2.44. The third kappa shape index (κ3) is 7.99. The fraction of sp³-hybridized carbons (Fsp3) is 0.941. The first-order valence-electron chi connectivity index (χ1n) is 8.89. The molecule has 0 saturated heterocycles. The summed E-state index contributed by atoms with van der Waals surface area (Å²) in [5.74, 6) is 0.806. The number of methoxy groups -OCH3 is 1. The normalized spacial score (nSPS) is 17.4. The molecule has 0 spiro atoms. The highest BCUT2D eigenvalue weighted by molar-refractivity contribution is 14.0. The third-order valence-corrected chi connectivity index (χ3v) is 7.37. The quantitative estimate of drug-likeness (QED) is 0.296. The lowest BCUT2D eigenvalue weighted by atomic mass is 9.67. The highest BCUT2D eigenvalue weighted by atomic mass is 127. The molecule has 2 N–H and O–H groups in total. The van der Waals surface area contributed by atoms with Gasteiger partial charge < -0.3 is 15.4 Å². The third-order valence-electron chi connectivity index (χ3n) is 4.76. The van der Waals surface area contributed by atoms with Gasteiger partial charge in [0.2, 0.25) is 0 Å². The van der Waals surface area contributed by atoms with Gasteiger partial charge >= 0.3 is 0 Å². The van der Waals surface area contributed by atoms with Crippen molar-refractivity contribution in [1.82, 2.24) is 10.6 Å². The van der Waals surface area contributed by atoms with Gasteiger partial charge in [0.25, 0.3) is 0 Å². The average molecular weight is 489 g/mol. The smallest absolute Gasteiger partial charge is 0.191 e. The van der Waals surface area contributed by atoms with E-state index in [2.05, 4.69) is 15.6 Å². The SMILES string of the molecule is CCNC(=NCC1(CCOC)CCC1)NCCS(=O)(=O)C(C)(C)C.I. The van der Waals surface area contributed by atoms with E-state index in [4.69, 9.17) is 4.74 Å². The number of hydrogen-bond acceptors (Lipinski definition) is 4. The van der Waals surface area contributed by atoms with E-state index in [0.29, 0.717) is 12.5 Å². The van der Waals surface area contributed by atoms with Crippen LogP contribution in [0.25, 0.3) is 0 Å². The van der Waals surface area contributed by atoms with Crippen LogP contribution in [0.3, 0.4) is 0 Å². The van der Waals surface area contributed by atoms with E-state index < -0.39 is 14.6 Å². The zero-order valence-corrected chi connectivity index (χ0v) is 19.5. The van der Waals surface area contributed by atoms with Gasteiger partial charge in [0, 0.05) is 33.4 Å². The minimum Gasteiger partial charge on any atom is -0.385 e. The standard InChI is InChI=1S/C17H35N3O3S.HI/c1-6-18-15(19-11-13-24(21,22)16(2,3)4)20-14-17(8-7-9-17)10-12-23-5;/h6-14H2,1-5H3,(H2,18,19,20);1H. The van der Waals surface area contributed by atoms with Gasteiger partial charge in [-0.15, -0.1) is 24.0 Å².